The maximum absolute atomic E-state index is 12.5. The van der Waals surface area contributed by atoms with Crippen molar-refractivity contribution in [3.05, 3.63) is 66.2 Å². The molecule has 1 amide bonds. The lowest BCUT2D eigenvalue weighted by Crippen LogP contribution is -2.25. The first-order valence-corrected chi connectivity index (χ1v) is 10.9. The van der Waals surface area contributed by atoms with Gasteiger partial charge in [0.25, 0.3) is 5.91 Å². The van der Waals surface area contributed by atoms with E-state index in [1.807, 2.05) is 73.6 Å². The van der Waals surface area contributed by atoms with Gasteiger partial charge in [0.1, 0.15) is 0 Å². The van der Waals surface area contributed by atoms with Gasteiger partial charge in [0.05, 0.1) is 5.69 Å². The molecule has 1 saturated heterocycles. The summed E-state index contributed by atoms with van der Waals surface area (Å²) < 4.78 is 0. The van der Waals surface area contributed by atoms with E-state index in [1.165, 1.54) is 25.7 Å². The van der Waals surface area contributed by atoms with Crippen LogP contribution in [0.5, 0.6) is 0 Å². The first-order valence-electron chi connectivity index (χ1n) is 10.9. The summed E-state index contributed by atoms with van der Waals surface area (Å²) in [4.78, 5) is 16.8. The number of benzene rings is 2. The summed E-state index contributed by atoms with van der Waals surface area (Å²) in [5, 5.41) is 11.8. The molecule has 0 unspecified atom stereocenters. The van der Waals surface area contributed by atoms with Crippen molar-refractivity contribution in [1.29, 1.82) is 0 Å². The largest absolute Gasteiger partial charge is 0.378 e. The van der Waals surface area contributed by atoms with Gasteiger partial charge in [-0.2, -0.15) is 0 Å². The minimum Gasteiger partial charge on any atom is -0.378 e. The molecule has 6 heteroatoms. The molecule has 3 aromatic rings. The first kappa shape index (κ1) is 20.8. The van der Waals surface area contributed by atoms with E-state index < -0.39 is 0 Å². The van der Waals surface area contributed by atoms with Crippen LogP contribution >= 0.6 is 0 Å². The Bertz CT molecular complexity index is 990. The molecule has 1 aliphatic rings. The number of carbonyl (C=O) groups excluding carboxylic acids is 1. The zero-order chi connectivity index (χ0) is 21.6. The average Bonchev–Trinajstić information content (AvgIpc) is 3.09. The molecule has 6 nitrogen and oxygen atoms in total. The third-order valence-electron chi connectivity index (χ3n) is 5.66. The van der Waals surface area contributed by atoms with Crippen molar-refractivity contribution in [2.24, 2.45) is 0 Å². The minimum atomic E-state index is -0.125. The second-order valence-electron chi connectivity index (χ2n) is 8.15. The fourth-order valence-electron chi connectivity index (χ4n) is 3.79. The maximum atomic E-state index is 12.5. The fourth-order valence-corrected chi connectivity index (χ4v) is 3.79. The third kappa shape index (κ3) is 5.20. The number of carbonyl (C=O) groups is 1. The molecule has 1 fully saturated rings. The normalized spacial score (nSPS) is 14.1. The summed E-state index contributed by atoms with van der Waals surface area (Å²) >= 11 is 0. The Kier molecular flexibility index (Phi) is 6.46. The van der Waals surface area contributed by atoms with Gasteiger partial charge >= 0.3 is 0 Å². The molecule has 4 rings (SSSR count). The quantitative estimate of drug-likeness (QED) is 0.646. The highest BCUT2D eigenvalue weighted by molar-refractivity contribution is 6.04. The number of nitrogens with one attached hydrogen (secondary N) is 1. The van der Waals surface area contributed by atoms with Gasteiger partial charge in [0.2, 0.25) is 0 Å². The Morgan fingerprint density at radius 1 is 0.839 bits per heavy atom. The summed E-state index contributed by atoms with van der Waals surface area (Å²) in [6.07, 6.45) is 5.03. The maximum Gasteiger partial charge on any atom is 0.255 e. The highest BCUT2D eigenvalue weighted by atomic mass is 16.1. The average molecular weight is 416 g/mol. The number of nitrogens with zero attached hydrogens (tertiary/aromatic N) is 4. The van der Waals surface area contributed by atoms with Gasteiger partial charge in [-0.25, -0.2) is 0 Å². The SMILES string of the molecule is CN(C)c1ccc(C(=O)Nc2ccc(-c3ccc(N4CCCCCC4)nn3)cc2)cc1. The molecular formula is C25H29N5O. The zero-order valence-corrected chi connectivity index (χ0v) is 18.2. The van der Waals surface area contributed by atoms with Crippen LogP contribution in [0, 0.1) is 0 Å². The van der Waals surface area contributed by atoms with Crippen molar-refractivity contribution in [1.82, 2.24) is 10.2 Å². The molecule has 2 aromatic carbocycles. The Morgan fingerprint density at radius 2 is 1.52 bits per heavy atom. The van der Waals surface area contributed by atoms with Gasteiger partial charge in [-0.05, 0) is 61.4 Å². The lowest BCUT2D eigenvalue weighted by atomic mass is 10.1. The number of rotatable bonds is 5. The predicted molar refractivity (Wildman–Crippen MR) is 127 cm³/mol. The van der Waals surface area contributed by atoms with E-state index in [9.17, 15) is 4.79 Å². The second kappa shape index (κ2) is 9.60. The van der Waals surface area contributed by atoms with Crippen molar-refractivity contribution < 1.29 is 4.79 Å². The monoisotopic (exact) mass is 415 g/mol. The summed E-state index contributed by atoms with van der Waals surface area (Å²) in [6.45, 7) is 2.11. The van der Waals surface area contributed by atoms with E-state index in [4.69, 9.17) is 0 Å². The van der Waals surface area contributed by atoms with Crippen LogP contribution in [0.4, 0.5) is 17.2 Å². The molecular weight excluding hydrogens is 386 g/mol. The van der Waals surface area contributed by atoms with Crippen LogP contribution in [-0.4, -0.2) is 43.3 Å². The van der Waals surface area contributed by atoms with Crippen LogP contribution in [0.15, 0.2) is 60.7 Å². The van der Waals surface area contributed by atoms with Crippen LogP contribution in [0.1, 0.15) is 36.0 Å². The first-order chi connectivity index (χ1) is 15.1. The Labute approximate surface area is 183 Å². The number of hydrogen-bond acceptors (Lipinski definition) is 5. The smallest absolute Gasteiger partial charge is 0.255 e. The third-order valence-corrected chi connectivity index (χ3v) is 5.66. The molecule has 0 bridgehead atoms. The van der Waals surface area contributed by atoms with E-state index in [1.54, 1.807) is 0 Å². The standard InChI is InChI=1S/C25H29N5O/c1-29(2)22-13-9-20(10-14-22)25(31)26-21-11-7-19(8-12-21)23-15-16-24(28-27-23)30-17-5-3-4-6-18-30/h7-16H,3-6,17-18H2,1-2H3,(H,26,31). The molecule has 0 aliphatic carbocycles. The van der Waals surface area contributed by atoms with Crippen molar-refractivity contribution in [2.75, 3.05) is 42.3 Å². The molecule has 0 radical (unpaired) electrons. The Balaban J connectivity index is 1.40. The number of amides is 1. The molecule has 0 spiro atoms. The van der Waals surface area contributed by atoms with Crippen molar-refractivity contribution in [3.8, 4) is 11.3 Å². The van der Waals surface area contributed by atoms with E-state index in [2.05, 4.69) is 26.5 Å². The lowest BCUT2D eigenvalue weighted by molar-refractivity contribution is 0.102. The topological polar surface area (TPSA) is 61.4 Å². The second-order valence-corrected chi connectivity index (χ2v) is 8.15. The highest BCUT2D eigenvalue weighted by Crippen LogP contribution is 2.23. The predicted octanol–water partition coefficient (Wildman–Crippen LogP) is 4.84. The fraction of sp³-hybridized carbons (Fsp3) is 0.320. The van der Waals surface area contributed by atoms with Gasteiger partial charge < -0.3 is 15.1 Å². The van der Waals surface area contributed by atoms with Crippen molar-refractivity contribution in [2.45, 2.75) is 25.7 Å². The molecule has 1 aromatic heterocycles. The number of anilines is 3. The van der Waals surface area contributed by atoms with Crippen molar-refractivity contribution in [3.63, 3.8) is 0 Å². The van der Waals surface area contributed by atoms with Crippen LogP contribution in [0.3, 0.4) is 0 Å². The molecule has 31 heavy (non-hydrogen) atoms. The van der Waals surface area contributed by atoms with E-state index in [-0.39, 0.29) is 5.91 Å². The zero-order valence-electron chi connectivity index (χ0n) is 18.2. The van der Waals surface area contributed by atoms with E-state index in [0.717, 1.165) is 41.5 Å². The summed E-state index contributed by atoms with van der Waals surface area (Å²) in [6, 6.07) is 19.3. The highest BCUT2D eigenvalue weighted by Gasteiger charge is 2.12. The minimum absolute atomic E-state index is 0.125. The van der Waals surface area contributed by atoms with E-state index >= 15 is 0 Å². The molecule has 2 heterocycles. The van der Waals surface area contributed by atoms with Crippen LogP contribution < -0.4 is 15.1 Å². The van der Waals surface area contributed by atoms with Crippen LogP contribution in [-0.2, 0) is 0 Å². The molecule has 0 atom stereocenters. The summed E-state index contributed by atoms with van der Waals surface area (Å²) in [5.41, 5.74) is 4.24. The lowest BCUT2D eigenvalue weighted by Gasteiger charge is -2.20. The molecule has 0 saturated carbocycles. The molecule has 1 aliphatic heterocycles. The van der Waals surface area contributed by atoms with Gasteiger partial charge in [-0.15, -0.1) is 10.2 Å². The Morgan fingerprint density at radius 3 is 2.10 bits per heavy atom. The van der Waals surface area contributed by atoms with Crippen LogP contribution in [0.2, 0.25) is 0 Å². The Hall–Kier alpha value is -3.41. The van der Waals surface area contributed by atoms with Crippen molar-refractivity contribution >= 4 is 23.1 Å². The summed E-state index contributed by atoms with van der Waals surface area (Å²) in [5.74, 6) is 0.828. The number of aromatic nitrogens is 2. The molecule has 160 valence electrons. The summed E-state index contributed by atoms with van der Waals surface area (Å²) in [7, 11) is 3.95. The number of hydrogen-bond donors (Lipinski definition) is 1. The van der Waals surface area contributed by atoms with Gasteiger partial charge in [-0.3, -0.25) is 4.79 Å². The molecule has 1 N–H and O–H groups in total. The van der Waals surface area contributed by atoms with Gasteiger partial charge in [-0.1, -0.05) is 25.0 Å². The van der Waals surface area contributed by atoms with Gasteiger partial charge in [0, 0.05) is 49.7 Å². The van der Waals surface area contributed by atoms with Crippen LogP contribution in [0.25, 0.3) is 11.3 Å². The van der Waals surface area contributed by atoms with E-state index in [0.29, 0.717) is 5.56 Å². The van der Waals surface area contributed by atoms with Gasteiger partial charge in [0.15, 0.2) is 5.82 Å².